The van der Waals surface area contributed by atoms with Gasteiger partial charge >= 0.3 is 0 Å². The fourth-order valence-corrected chi connectivity index (χ4v) is 17.0. The van der Waals surface area contributed by atoms with Crippen molar-refractivity contribution in [3.05, 3.63) is 0 Å². The third-order valence-corrected chi connectivity index (χ3v) is 19.0. The Hall–Kier alpha value is 0.394. The first-order valence-electron chi connectivity index (χ1n) is 11.9. The molecule has 0 atom stereocenters. The molecule has 0 aromatic heterocycles. The van der Waals surface area contributed by atoms with Crippen LogP contribution in [-0.2, 0) is 0 Å². The molecule has 0 heterocycles. The Balaban J connectivity index is 4.68. The fraction of sp³-hybridized carbons (Fsp3) is 1.00. The lowest BCUT2D eigenvalue weighted by Gasteiger charge is -2.42. The van der Waals surface area contributed by atoms with Gasteiger partial charge in [0.15, 0.2) is 0 Å². The van der Waals surface area contributed by atoms with E-state index in [2.05, 4.69) is 46.2 Å². The van der Waals surface area contributed by atoms with E-state index in [-0.39, 0.29) is 0 Å². The van der Waals surface area contributed by atoms with Gasteiger partial charge in [-0.25, -0.2) is 0 Å². The predicted molar refractivity (Wildman–Crippen MR) is 124 cm³/mol. The van der Waals surface area contributed by atoms with Gasteiger partial charge in [-0.05, 0) is 36.3 Å². The molecule has 152 valence electrons. The second-order valence-corrected chi connectivity index (χ2v) is 18.4. The third kappa shape index (κ3) is 10.3. The van der Waals surface area contributed by atoms with Crippen LogP contribution in [0.2, 0.25) is 36.3 Å². The molecule has 0 unspecified atom stereocenters. The van der Waals surface area contributed by atoms with Crippen LogP contribution < -0.4 is 4.65 Å². The Labute approximate surface area is 163 Å². The lowest BCUT2D eigenvalue weighted by Crippen LogP contribution is -2.63. The molecular weight excluding hydrogens is 334 g/mol. The van der Waals surface area contributed by atoms with Gasteiger partial charge in [-0.15, -0.1) is 0 Å². The predicted octanol–water partition coefficient (Wildman–Crippen LogP) is 8.49. The molecule has 1 nitrogen and oxygen atoms in total. The van der Waals surface area contributed by atoms with Crippen molar-refractivity contribution in [2.24, 2.45) is 0 Å². The number of hydrogen-bond acceptors (Lipinski definition) is 1. The van der Waals surface area contributed by atoms with Gasteiger partial charge in [0.25, 0.3) is 0 Å². The maximum Gasteiger partial charge on any atom is 0.118 e. The molecule has 0 fully saturated rings. The Morgan fingerprint density at radius 1 is 0.440 bits per heavy atom. The van der Waals surface area contributed by atoms with Crippen molar-refractivity contribution in [1.82, 2.24) is 4.65 Å². The van der Waals surface area contributed by atoms with E-state index in [1.54, 1.807) is 0 Å². The Kier molecular flexibility index (Phi) is 15.7. The molecule has 0 rings (SSSR count). The average Bonchev–Trinajstić information content (AvgIpc) is 2.65. The van der Waals surface area contributed by atoms with Gasteiger partial charge < -0.3 is 4.65 Å². The van der Waals surface area contributed by atoms with Gasteiger partial charge in [-0.2, -0.15) is 0 Å². The van der Waals surface area contributed by atoms with Gasteiger partial charge in [-0.3, -0.25) is 0 Å². The topological polar surface area (TPSA) is 12.0 Å². The summed E-state index contributed by atoms with van der Waals surface area (Å²) in [6.07, 6.45) is 14.4. The van der Waals surface area contributed by atoms with Crippen LogP contribution in [0.1, 0.15) is 106 Å². The molecule has 0 aromatic rings. The second-order valence-electron chi connectivity index (χ2n) is 8.43. The minimum atomic E-state index is -1.24. The van der Waals surface area contributed by atoms with E-state index in [1.807, 2.05) is 0 Å². The number of hydrogen-bond donors (Lipinski definition) is 1. The summed E-state index contributed by atoms with van der Waals surface area (Å²) in [5.41, 5.74) is 0. The van der Waals surface area contributed by atoms with Gasteiger partial charge in [0.2, 0.25) is 0 Å². The highest BCUT2D eigenvalue weighted by atomic mass is 28.4. The molecule has 25 heavy (non-hydrogen) atoms. The minimum absolute atomic E-state index is 1.24. The first-order valence-corrected chi connectivity index (χ1v) is 17.1. The average molecular weight is 386 g/mol. The van der Waals surface area contributed by atoms with Crippen LogP contribution in [-0.4, -0.2) is 16.5 Å². The normalized spacial score (nSPS) is 12.7. The van der Waals surface area contributed by atoms with E-state index in [4.69, 9.17) is 0 Å². The maximum absolute atomic E-state index is 4.54. The first kappa shape index (κ1) is 25.4. The van der Waals surface area contributed by atoms with Crippen LogP contribution in [0.15, 0.2) is 0 Å². The molecule has 0 saturated carbocycles. The molecule has 0 aliphatic rings. The van der Waals surface area contributed by atoms with Crippen molar-refractivity contribution < 1.29 is 0 Å². The van der Waals surface area contributed by atoms with E-state index in [1.165, 1.54) is 100 Å². The highest BCUT2D eigenvalue weighted by Gasteiger charge is 2.38. The molecule has 1 N–H and O–H groups in total. The van der Waals surface area contributed by atoms with Crippen molar-refractivity contribution in [2.45, 2.75) is 142 Å². The number of unbranched alkanes of at least 4 members (excludes halogenated alkanes) is 8. The Morgan fingerprint density at radius 3 is 1.04 bits per heavy atom. The van der Waals surface area contributed by atoms with Crippen molar-refractivity contribution in [2.75, 3.05) is 0 Å². The van der Waals surface area contributed by atoms with E-state index >= 15 is 0 Å². The summed E-state index contributed by atoms with van der Waals surface area (Å²) in [7, 11) is -2.49. The third-order valence-electron chi connectivity index (χ3n) is 6.76. The minimum Gasteiger partial charge on any atom is -0.359 e. The van der Waals surface area contributed by atoms with Crippen molar-refractivity contribution in [1.29, 1.82) is 0 Å². The molecule has 0 spiro atoms. The van der Waals surface area contributed by atoms with E-state index in [0.717, 1.165) is 0 Å². The highest BCUT2D eigenvalue weighted by Crippen LogP contribution is 2.29. The molecular formula is C22H51NSi2. The summed E-state index contributed by atoms with van der Waals surface area (Å²) in [5, 5.41) is 0. The second kappa shape index (κ2) is 15.5. The first-order chi connectivity index (χ1) is 12.1. The lowest BCUT2D eigenvalue weighted by molar-refractivity contribution is 0.647. The van der Waals surface area contributed by atoms with Gasteiger partial charge in [0.05, 0.1) is 0 Å². The SMILES string of the molecule is CCCCCCC[Si](CC)(CC)N[Si](CC)(CC)CCCCCCC. The summed E-state index contributed by atoms with van der Waals surface area (Å²) in [5.74, 6) is 0. The van der Waals surface area contributed by atoms with Crippen LogP contribution in [0.5, 0.6) is 0 Å². The zero-order valence-electron chi connectivity index (χ0n) is 18.8. The highest BCUT2D eigenvalue weighted by molar-refractivity contribution is 6.93. The van der Waals surface area contributed by atoms with Crippen LogP contribution >= 0.6 is 0 Å². The molecule has 0 radical (unpaired) electrons. The molecule has 0 aliphatic carbocycles. The molecule has 0 aromatic carbocycles. The molecule has 0 aliphatic heterocycles. The largest absolute Gasteiger partial charge is 0.359 e. The Morgan fingerprint density at radius 2 is 0.760 bits per heavy atom. The number of nitrogens with one attached hydrogen (secondary N) is 1. The lowest BCUT2D eigenvalue weighted by atomic mass is 10.2. The molecule has 0 saturated heterocycles. The summed E-state index contributed by atoms with van der Waals surface area (Å²) in [6.45, 7) is 14.6. The van der Waals surface area contributed by atoms with Gasteiger partial charge in [0, 0.05) is 0 Å². The van der Waals surface area contributed by atoms with E-state index in [9.17, 15) is 0 Å². The van der Waals surface area contributed by atoms with Gasteiger partial charge in [0.1, 0.15) is 16.5 Å². The van der Waals surface area contributed by atoms with Crippen molar-refractivity contribution >= 4 is 16.5 Å². The van der Waals surface area contributed by atoms with Crippen LogP contribution in [0.4, 0.5) is 0 Å². The maximum atomic E-state index is 4.54. The summed E-state index contributed by atoms with van der Waals surface area (Å²) < 4.78 is 4.54. The Bertz CT molecular complexity index is 258. The zero-order chi connectivity index (χ0) is 19.0. The van der Waals surface area contributed by atoms with Gasteiger partial charge in [-0.1, -0.05) is 106 Å². The van der Waals surface area contributed by atoms with E-state index in [0.29, 0.717) is 0 Å². The molecule has 0 amide bonds. The fourth-order valence-electron chi connectivity index (χ4n) is 4.38. The summed E-state index contributed by atoms with van der Waals surface area (Å²) in [6, 6.07) is 8.86. The summed E-state index contributed by atoms with van der Waals surface area (Å²) >= 11 is 0. The molecule has 0 bridgehead atoms. The van der Waals surface area contributed by atoms with Crippen LogP contribution in [0, 0.1) is 0 Å². The summed E-state index contributed by atoms with van der Waals surface area (Å²) in [4.78, 5) is 0. The smallest absolute Gasteiger partial charge is 0.118 e. The monoisotopic (exact) mass is 385 g/mol. The van der Waals surface area contributed by atoms with E-state index < -0.39 is 16.5 Å². The zero-order valence-corrected chi connectivity index (χ0v) is 20.8. The quantitative estimate of drug-likeness (QED) is 0.184. The van der Waals surface area contributed by atoms with Crippen molar-refractivity contribution in [3.63, 3.8) is 0 Å². The van der Waals surface area contributed by atoms with Crippen molar-refractivity contribution in [3.8, 4) is 0 Å². The van der Waals surface area contributed by atoms with Crippen LogP contribution in [0.25, 0.3) is 0 Å². The molecule has 3 heteroatoms. The number of rotatable bonds is 18. The standard InChI is InChI=1S/C22H51NSi2/c1-7-13-15-17-19-21-24(9-3,10-4)23-25(11-5,12-6)22-20-18-16-14-8-2/h23H,7-22H2,1-6H3. The van der Waals surface area contributed by atoms with Crippen LogP contribution in [0.3, 0.4) is 0 Å².